The second-order valence-corrected chi connectivity index (χ2v) is 10.2. The summed E-state index contributed by atoms with van der Waals surface area (Å²) in [7, 11) is 0. The number of phenols is 1. The van der Waals surface area contributed by atoms with E-state index in [0.717, 1.165) is 16.7 Å². The number of primary amides is 1. The van der Waals surface area contributed by atoms with Gasteiger partial charge in [0.1, 0.15) is 22.8 Å². The topological polar surface area (TPSA) is 194 Å². The second kappa shape index (κ2) is 9.69. The highest BCUT2D eigenvalue weighted by Crippen LogP contribution is 2.52. The number of aliphatic hydroxyl groups excluding tert-OH is 2. The molecule has 0 fully saturated rings. The number of fused-ring (bicyclic) bond motifs is 3. The summed E-state index contributed by atoms with van der Waals surface area (Å²) < 4.78 is 0. The molecule has 7 N–H and O–H groups in total. The normalized spacial score (nSPS) is 24.1. The molecule has 2 aromatic carbocycles. The summed E-state index contributed by atoms with van der Waals surface area (Å²) in [6.45, 7) is 1.17. The molecular formula is C29H27N3O7. The largest absolute Gasteiger partial charge is 0.511 e. The van der Waals surface area contributed by atoms with Crippen LogP contribution in [0.1, 0.15) is 40.7 Å². The average Bonchev–Trinajstić information content (AvgIpc) is 2.89. The molecule has 0 spiro atoms. The number of hydrogen-bond donors (Lipinski definition) is 6. The van der Waals surface area contributed by atoms with Gasteiger partial charge in [0.2, 0.25) is 5.78 Å². The number of nitrogens with two attached hydrogens (primary N) is 1. The lowest BCUT2D eigenvalue weighted by atomic mass is 9.60. The van der Waals surface area contributed by atoms with Gasteiger partial charge in [-0.05, 0) is 47.1 Å². The molecule has 200 valence electrons. The van der Waals surface area contributed by atoms with E-state index in [1.165, 1.54) is 6.07 Å². The maximum atomic E-state index is 13.7. The van der Waals surface area contributed by atoms with Crippen molar-refractivity contribution >= 4 is 17.5 Å². The van der Waals surface area contributed by atoms with Crippen molar-refractivity contribution in [3.63, 3.8) is 0 Å². The van der Waals surface area contributed by atoms with Gasteiger partial charge in [-0.3, -0.25) is 14.4 Å². The van der Waals surface area contributed by atoms with Gasteiger partial charge >= 0.3 is 0 Å². The quantitative estimate of drug-likeness (QED) is 0.240. The van der Waals surface area contributed by atoms with Crippen LogP contribution in [-0.2, 0) is 22.6 Å². The molecule has 0 aliphatic heterocycles. The monoisotopic (exact) mass is 529 g/mol. The molecule has 0 saturated heterocycles. The molecule has 0 bridgehead atoms. The number of nitrogens with zero attached hydrogens (tertiary/aromatic N) is 1. The Balaban J connectivity index is 1.54. The lowest BCUT2D eigenvalue weighted by Gasteiger charge is -2.45. The number of aromatic hydroxyl groups is 1. The number of nitriles is 1. The number of carbonyl (C=O) groups excluding carboxylic acids is 3. The van der Waals surface area contributed by atoms with Crippen LogP contribution in [0.15, 0.2) is 59.1 Å². The highest BCUT2D eigenvalue weighted by Gasteiger charge is 2.59. The third-order valence-electron chi connectivity index (χ3n) is 7.95. The summed E-state index contributed by atoms with van der Waals surface area (Å²) in [5.41, 5.74) is 4.75. The second-order valence-electron chi connectivity index (χ2n) is 10.2. The van der Waals surface area contributed by atoms with E-state index < -0.39 is 52.0 Å². The fourth-order valence-electron chi connectivity index (χ4n) is 6.07. The summed E-state index contributed by atoms with van der Waals surface area (Å²) in [4.78, 5) is 38.6. The van der Waals surface area contributed by atoms with Gasteiger partial charge in [0.25, 0.3) is 5.91 Å². The first-order chi connectivity index (χ1) is 18.6. The van der Waals surface area contributed by atoms with Gasteiger partial charge < -0.3 is 31.5 Å². The van der Waals surface area contributed by atoms with Crippen LogP contribution in [0.4, 0.5) is 0 Å². The van der Waals surface area contributed by atoms with Gasteiger partial charge in [0.15, 0.2) is 11.4 Å². The molecule has 0 aromatic heterocycles. The maximum absolute atomic E-state index is 13.7. The molecule has 5 rings (SSSR count). The molecule has 39 heavy (non-hydrogen) atoms. The summed E-state index contributed by atoms with van der Waals surface area (Å²) in [6.07, 6.45) is 0.445. The summed E-state index contributed by atoms with van der Waals surface area (Å²) in [5.74, 6) is -6.50. The number of benzene rings is 2. The Kier molecular flexibility index (Phi) is 6.50. The van der Waals surface area contributed by atoms with Crippen molar-refractivity contribution in [3.05, 3.63) is 75.8 Å². The Morgan fingerprint density at radius 1 is 1.10 bits per heavy atom. The van der Waals surface area contributed by atoms with Gasteiger partial charge in [-0.15, -0.1) is 0 Å². The Bertz CT molecular complexity index is 1520. The summed E-state index contributed by atoms with van der Waals surface area (Å²) >= 11 is 0. The van der Waals surface area contributed by atoms with Gasteiger partial charge in [-0.1, -0.05) is 30.3 Å². The third-order valence-corrected chi connectivity index (χ3v) is 7.95. The predicted molar refractivity (Wildman–Crippen MR) is 138 cm³/mol. The molecule has 0 unspecified atom stereocenters. The maximum Gasteiger partial charge on any atom is 0.255 e. The Morgan fingerprint density at radius 3 is 2.49 bits per heavy atom. The molecule has 3 atom stereocenters. The van der Waals surface area contributed by atoms with Crippen LogP contribution in [0.5, 0.6) is 5.75 Å². The first kappa shape index (κ1) is 26.2. The van der Waals surface area contributed by atoms with E-state index in [9.17, 15) is 34.8 Å². The minimum atomic E-state index is -2.58. The summed E-state index contributed by atoms with van der Waals surface area (Å²) in [5, 5.41) is 55.3. The zero-order valence-electron chi connectivity index (χ0n) is 20.9. The lowest BCUT2D eigenvalue weighted by molar-refractivity contribution is -0.144. The minimum absolute atomic E-state index is 0.0219. The highest BCUT2D eigenvalue weighted by atomic mass is 16.3. The Hall–Kier alpha value is -4.46. The van der Waals surface area contributed by atoms with Crippen molar-refractivity contribution in [2.24, 2.45) is 17.6 Å². The molecule has 10 heteroatoms. The Labute approximate surface area is 223 Å². The van der Waals surface area contributed by atoms with Crippen molar-refractivity contribution < 1.29 is 34.8 Å². The van der Waals surface area contributed by atoms with Gasteiger partial charge in [-0.25, -0.2) is 0 Å². The SMILES string of the molecule is N#CCCNCc1ccc(-c2ccc(O)c3c2C[C@H]2C[C@H]4CC(O)=C(C(N)=O)C(=O)[C@@]4(O)C(O)=C2C3=O)cc1. The predicted octanol–water partition coefficient (Wildman–Crippen LogP) is 2.25. The molecule has 10 nitrogen and oxygen atoms in total. The van der Waals surface area contributed by atoms with Crippen molar-refractivity contribution in [2.45, 2.75) is 37.8 Å². The zero-order valence-corrected chi connectivity index (χ0v) is 20.9. The van der Waals surface area contributed by atoms with E-state index in [2.05, 4.69) is 11.4 Å². The van der Waals surface area contributed by atoms with Crippen LogP contribution in [-0.4, -0.2) is 50.0 Å². The molecular weight excluding hydrogens is 502 g/mol. The number of allylic oxidation sites excluding steroid dienone is 2. The zero-order chi connectivity index (χ0) is 28.1. The van der Waals surface area contributed by atoms with Gasteiger partial charge in [0.05, 0.1) is 11.6 Å². The standard InChI is InChI=1S/C29H27N3O7/c30-8-1-9-32-13-14-2-4-15(5-3-14)18-6-7-20(33)23-19(18)11-16-10-17-12-21(34)24(28(31)38)27(37)29(17,39)26(36)22(16)25(23)35/h2-7,16-17,32-34,36,39H,1,9-13H2,(H2,31,38)/t16-,17+,29+/m1/s1. The molecule has 0 heterocycles. The molecule has 3 aliphatic carbocycles. The van der Waals surface area contributed by atoms with Crippen LogP contribution >= 0.6 is 0 Å². The third kappa shape index (κ3) is 4.07. The number of carbonyl (C=O) groups is 3. The van der Waals surface area contributed by atoms with E-state index in [4.69, 9.17) is 11.0 Å². The number of ketones is 2. The van der Waals surface area contributed by atoms with Crippen molar-refractivity contribution in [1.82, 2.24) is 5.32 Å². The number of amides is 1. The van der Waals surface area contributed by atoms with Crippen LogP contribution in [0.25, 0.3) is 11.1 Å². The minimum Gasteiger partial charge on any atom is -0.511 e. The number of nitrogens with one attached hydrogen (secondary N) is 1. The molecule has 0 saturated carbocycles. The van der Waals surface area contributed by atoms with Crippen LogP contribution in [0.3, 0.4) is 0 Å². The van der Waals surface area contributed by atoms with Crippen molar-refractivity contribution in [1.29, 1.82) is 5.26 Å². The van der Waals surface area contributed by atoms with Crippen molar-refractivity contribution in [2.75, 3.05) is 6.54 Å². The first-order valence-corrected chi connectivity index (χ1v) is 12.6. The van der Waals surface area contributed by atoms with E-state index in [1.54, 1.807) is 6.07 Å². The highest BCUT2D eigenvalue weighted by molar-refractivity contribution is 6.24. The average molecular weight is 530 g/mol. The fourth-order valence-corrected chi connectivity index (χ4v) is 6.07. The van der Waals surface area contributed by atoms with Crippen LogP contribution < -0.4 is 11.1 Å². The first-order valence-electron chi connectivity index (χ1n) is 12.6. The number of aliphatic hydroxyl groups is 3. The smallest absolute Gasteiger partial charge is 0.255 e. The molecule has 2 aromatic rings. The van der Waals surface area contributed by atoms with Crippen LogP contribution in [0.2, 0.25) is 0 Å². The number of Topliss-reactive ketones (excluding diaryl/α,β-unsaturated/α-hetero) is 2. The molecule has 0 radical (unpaired) electrons. The van der Waals surface area contributed by atoms with E-state index >= 15 is 0 Å². The van der Waals surface area contributed by atoms with E-state index in [1.807, 2.05) is 24.3 Å². The van der Waals surface area contributed by atoms with Crippen LogP contribution in [0, 0.1) is 23.2 Å². The summed E-state index contributed by atoms with van der Waals surface area (Å²) in [6, 6.07) is 12.8. The number of rotatable bonds is 6. The van der Waals surface area contributed by atoms with Gasteiger partial charge in [-0.2, -0.15) is 5.26 Å². The number of hydrogen-bond acceptors (Lipinski definition) is 9. The number of phenolic OH excluding ortho intramolecular Hbond substituents is 1. The van der Waals surface area contributed by atoms with E-state index in [0.29, 0.717) is 25.1 Å². The molecule has 3 aliphatic rings. The lowest BCUT2D eigenvalue weighted by Crippen LogP contribution is -2.57. The van der Waals surface area contributed by atoms with E-state index in [-0.39, 0.29) is 36.1 Å². The molecule has 1 amide bonds. The van der Waals surface area contributed by atoms with Crippen molar-refractivity contribution in [3.8, 4) is 22.9 Å². The van der Waals surface area contributed by atoms with Gasteiger partial charge in [0, 0.05) is 37.4 Å². The Morgan fingerprint density at radius 2 is 1.82 bits per heavy atom. The fraction of sp³-hybridized carbons (Fsp3) is 0.310.